The molecule has 0 aliphatic carbocycles. The molecular weight excluding hydrogens is 250 g/mol. The van der Waals surface area contributed by atoms with Crippen molar-refractivity contribution in [2.24, 2.45) is 5.73 Å². The van der Waals surface area contributed by atoms with Gasteiger partial charge < -0.3 is 10.5 Å². The van der Waals surface area contributed by atoms with E-state index in [-0.39, 0.29) is 6.01 Å². The van der Waals surface area contributed by atoms with Gasteiger partial charge in [0.1, 0.15) is 5.75 Å². The second-order valence-corrected chi connectivity index (χ2v) is 4.41. The summed E-state index contributed by atoms with van der Waals surface area (Å²) in [7, 11) is 0. The fraction of sp³-hybridized carbons (Fsp3) is 0.231. The Kier molecular flexibility index (Phi) is 3.79. The van der Waals surface area contributed by atoms with Crippen molar-refractivity contribution < 1.29 is 4.74 Å². The van der Waals surface area contributed by atoms with E-state index in [0.717, 1.165) is 16.8 Å². The van der Waals surface area contributed by atoms with Crippen molar-refractivity contribution in [2.45, 2.75) is 20.4 Å². The topological polar surface area (TPSA) is 61.0 Å². The van der Waals surface area contributed by atoms with Crippen LogP contribution in [0.15, 0.2) is 24.4 Å². The minimum Gasteiger partial charge on any atom is -0.423 e. The molecule has 0 saturated heterocycles. The average molecular weight is 264 g/mol. The molecule has 0 saturated carbocycles. The van der Waals surface area contributed by atoms with Gasteiger partial charge in [0.2, 0.25) is 0 Å². The van der Waals surface area contributed by atoms with Crippen LogP contribution in [0.3, 0.4) is 0 Å². The first-order valence-electron chi connectivity index (χ1n) is 5.56. The molecule has 2 aromatic rings. The molecule has 0 amide bonds. The Labute approximate surface area is 111 Å². The molecule has 0 aliphatic rings. The number of aryl methyl sites for hydroxylation is 2. The number of benzene rings is 1. The highest BCUT2D eigenvalue weighted by Crippen LogP contribution is 2.28. The minimum atomic E-state index is 0.274. The zero-order chi connectivity index (χ0) is 13.1. The summed E-state index contributed by atoms with van der Waals surface area (Å²) >= 11 is 6.08. The summed E-state index contributed by atoms with van der Waals surface area (Å²) in [6, 6.07) is 5.82. The Morgan fingerprint density at radius 2 is 2.11 bits per heavy atom. The van der Waals surface area contributed by atoms with Crippen LogP contribution in [0.1, 0.15) is 16.8 Å². The Bertz CT molecular complexity index is 572. The molecule has 5 heteroatoms. The second-order valence-electron chi connectivity index (χ2n) is 4.00. The number of nitrogens with zero attached hydrogens (tertiary/aromatic N) is 2. The van der Waals surface area contributed by atoms with Crippen molar-refractivity contribution in [1.82, 2.24) is 9.97 Å². The quantitative estimate of drug-likeness (QED) is 0.925. The average Bonchev–Trinajstić information content (AvgIpc) is 2.33. The number of rotatable bonds is 3. The number of ether oxygens (including phenoxy) is 1. The van der Waals surface area contributed by atoms with Gasteiger partial charge in [0.25, 0.3) is 0 Å². The maximum absolute atomic E-state index is 6.08. The molecule has 1 aromatic carbocycles. The van der Waals surface area contributed by atoms with E-state index in [9.17, 15) is 0 Å². The number of nitrogens with two attached hydrogens (primary N) is 1. The molecule has 2 N–H and O–H groups in total. The summed E-state index contributed by atoms with van der Waals surface area (Å²) in [6.45, 7) is 4.25. The SMILES string of the molecule is Cc1ccc(Oc2ncc(CN)c(C)n2)c(Cl)c1. The third kappa shape index (κ3) is 2.78. The smallest absolute Gasteiger partial charge is 0.322 e. The fourth-order valence-corrected chi connectivity index (χ4v) is 1.78. The van der Waals surface area contributed by atoms with Crippen molar-refractivity contribution >= 4 is 11.6 Å². The molecule has 0 atom stereocenters. The van der Waals surface area contributed by atoms with Crippen LogP contribution in [0.2, 0.25) is 5.02 Å². The normalized spacial score (nSPS) is 10.4. The molecule has 0 bridgehead atoms. The number of hydrogen-bond donors (Lipinski definition) is 1. The Hall–Kier alpha value is -1.65. The zero-order valence-electron chi connectivity index (χ0n) is 10.3. The summed E-state index contributed by atoms with van der Waals surface area (Å²) in [6.07, 6.45) is 1.67. The van der Waals surface area contributed by atoms with Gasteiger partial charge >= 0.3 is 6.01 Å². The van der Waals surface area contributed by atoms with Crippen molar-refractivity contribution in [2.75, 3.05) is 0 Å². The van der Waals surface area contributed by atoms with Crippen LogP contribution in [0.4, 0.5) is 0 Å². The molecule has 0 aliphatic heterocycles. The molecule has 0 fully saturated rings. The largest absolute Gasteiger partial charge is 0.423 e. The van der Waals surface area contributed by atoms with Gasteiger partial charge in [-0.1, -0.05) is 17.7 Å². The van der Waals surface area contributed by atoms with Crippen molar-refractivity contribution in [3.8, 4) is 11.8 Å². The van der Waals surface area contributed by atoms with Gasteiger partial charge in [-0.25, -0.2) is 4.98 Å². The molecule has 94 valence electrons. The van der Waals surface area contributed by atoms with Crippen LogP contribution in [-0.4, -0.2) is 9.97 Å². The van der Waals surface area contributed by atoms with Gasteiger partial charge in [-0.2, -0.15) is 4.98 Å². The van der Waals surface area contributed by atoms with Gasteiger partial charge in [0.05, 0.1) is 5.02 Å². The van der Waals surface area contributed by atoms with Crippen LogP contribution >= 0.6 is 11.6 Å². The van der Waals surface area contributed by atoms with E-state index in [1.807, 2.05) is 26.0 Å². The highest BCUT2D eigenvalue weighted by molar-refractivity contribution is 6.32. The van der Waals surface area contributed by atoms with E-state index in [1.54, 1.807) is 12.3 Å². The van der Waals surface area contributed by atoms with Gasteiger partial charge in [0, 0.05) is 24.0 Å². The van der Waals surface area contributed by atoms with Crippen molar-refractivity contribution in [3.63, 3.8) is 0 Å². The van der Waals surface area contributed by atoms with Gasteiger partial charge in [-0.3, -0.25) is 0 Å². The van der Waals surface area contributed by atoms with Crippen LogP contribution in [-0.2, 0) is 6.54 Å². The Morgan fingerprint density at radius 1 is 1.33 bits per heavy atom. The summed E-state index contributed by atoms with van der Waals surface area (Å²) < 4.78 is 5.55. The summed E-state index contributed by atoms with van der Waals surface area (Å²) in [5.74, 6) is 0.544. The summed E-state index contributed by atoms with van der Waals surface area (Å²) in [4.78, 5) is 8.33. The van der Waals surface area contributed by atoms with Gasteiger partial charge in [-0.05, 0) is 31.5 Å². The molecule has 1 heterocycles. The predicted molar refractivity (Wildman–Crippen MR) is 70.9 cm³/mol. The van der Waals surface area contributed by atoms with Crippen LogP contribution in [0.25, 0.3) is 0 Å². The molecule has 18 heavy (non-hydrogen) atoms. The van der Waals surface area contributed by atoms with E-state index in [1.165, 1.54) is 0 Å². The van der Waals surface area contributed by atoms with Gasteiger partial charge in [0.15, 0.2) is 0 Å². The van der Waals surface area contributed by atoms with Crippen LogP contribution in [0, 0.1) is 13.8 Å². The van der Waals surface area contributed by atoms with Crippen LogP contribution < -0.4 is 10.5 Å². The molecular formula is C13H14ClN3O. The van der Waals surface area contributed by atoms with E-state index >= 15 is 0 Å². The monoisotopic (exact) mass is 263 g/mol. The molecule has 4 nitrogen and oxygen atoms in total. The molecule has 2 rings (SSSR count). The van der Waals surface area contributed by atoms with Crippen molar-refractivity contribution in [3.05, 3.63) is 46.2 Å². The minimum absolute atomic E-state index is 0.274. The third-order valence-electron chi connectivity index (χ3n) is 2.57. The Balaban J connectivity index is 2.26. The number of aromatic nitrogens is 2. The highest BCUT2D eigenvalue weighted by atomic mass is 35.5. The van der Waals surface area contributed by atoms with E-state index in [0.29, 0.717) is 17.3 Å². The fourth-order valence-electron chi connectivity index (χ4n) is 1.51. The maximum Gasteiger partial charge on any atom is 0.322 e. The van der Waals surface area contributed by atoms with E-state index in [2.05, 4.69) is 9.97 Å². The zero-order valence-corrected chi connectivity index (χ0v) is 11.0. The lowest BCUT2D eigenvalue weighted by atomic mass is 10.2. The number of halogens is 1. The maximum atomic E-state index is 6.08. The molecule has 1 aromatic heterocycles. The standard InChI is InChI=1S/C13H14ClN3O/c1-8-3-4-12(11(14)5-8)18-13-16-7-10(6-15)9(2)17-13/h3-5,7H,6,15H2,1-2H3. The predicted octanol–water partition coefficient (Wildman–Crippen LogP) is 3.00. The lowest BCUT2D eigenvalue weighted by Gasteiger charge is -2.08. The molecule has 0 unspecified atom stereocenters. The Morgan fingerprint density at radius 3 is 2.72 bits per heavy atom. The van der Waals surface area contributed by atoms with Crippen LogP contribution in [0.5, 0.6) is 11.8 Å². The lowest BCUT2D eigenvalue weighted by Crippen LogP contribution is -2.03. The van der Waals surface area contributed by atoms with E-state index < -0.39 is 0 Å². The summed E-state index contributed by atoms with van der Waals surface area (Å²) in [5, 5.41) is 0.541. The van der Waals surface area contributed by atoms with E-state index in [4.69, 9.17) is 22.1 Å². The number of hydrogen-bond acceptors (Lipinski definition) is 4. The first-order valence-corrected chi connectivity index (χ1v) is 5.94. The third-order valence-corrected chi connectivity index (χ3v) is 2.86. The molecule has 0 spiro atoms. The highest BCUT2D eigenvalue weighted by Gasteiger charge is 2.07. The second kappa shape index (κ2) is 5.33. The lowest BCUT2D eigenvalue weighted by molar-refractivity contribution is 0.439. The molecule has 0 radical (unpaired) electrons. The van der Waals surface area contributed by atoms with Gasteiger partial charge in [-0.15, -0.1) is 0 Å². The summed E-state index contributed by atoms with van der Waals surface area (Å²) in [5.41, 5.74) is 8.34. The first-order chi connectivity index (χ1) is 8.60. The first kappa shape index (κ1) is 12.8. The van der Waals surface area contributed by atoms with Crippen molar-refractivity contribution in [1.29, 1.82) is 0 Å².